The summed E-state index contributed by atoms with van der Waals surface area (Å²) in [6.07, 6.45) is 15.2. The second kappa shape index (κ2) is 8.38. The fourth-order valence-corrected chi connectivity index (χ4v) is 4.63. The SMILES string of the molecule is CCNC(C1CCCCCC1)C1(OCC)CCCCC1. The van der Waals surface area contributed by atoms with Crippen LogP contribution >= 0.6 is 0 Å². The highest BCUT2D eigenvalue weighted by Crippen LogP contribution is 2.40. The summed E-state index contributed by atoms with van der Waals surface area (Å²) in [5, 5.41) is 3.85. The highest BCUT2D eigenvalue weighted by molar-refractivity contribution is 4.99. The van der Waals surface area contributed by atoms with Gasteiger partial charge in [0.05, 0.1) is 5.60 Å². The fraction of sp³-hybridized carbons (Fsp3) is 1.00. The van der Waals surface area contributed by atoms with E-state index in [1.54, 1.807) is 0 Å². The van der Waals surface area contributed by atoms with Crippen LogP contribution in [0.5, 0.6) is 0 Å². The van der Waals surface area contributed by atoms with Gasteiger partial charge in [0.1, 0.15) is 0 Å². The molecule has 20 heavy (non-hydrogen) atoms. The molecule has 0 spiro atoms. The van der Waals surface area contributed by atoms with Gasteiger partial charge in [0.15, 0.2) is 0 Å². The number of rotatable bonds is 6. The summed E-state index contributed by atoms with van der Waals surface area (Å²) in [5.41, 5.74) is 0.137. The van der Waals surface area contributed by atoms with Crippen molar-refractivity contribution in [3.05, 3.63) is 0 Å². The number of hydrogen-bond acceptors (Lipinski definition) is 2. The van der Waals surface area contributed by atoms with Crippen LogP contribution in [-0.2, 0) is 4.74 Å². The molecule has 0 aromatic heterocycles. The van der Waals surface area contributed by atoms with Crippen LogP contribution in [0.1, 0.15) is 84.5 Å². The third-order valence-corrected chi connectivity index (χ3v) is 5.49. The third kappa shape index (κ3) is 3.98. The van der Waals surface area contributed by atoms with Crippen LogP contribution in [0.15, 0.2) is 0 Å². The molecule has 0 amide bonds. The Bertz CT molecular complexity index is 247. The molecule has 1 N–H and O–H groups in total. The van der Waals surface area contributed by atoms with Crippen molar-refractivity contribution in [1.82, 2.24) is 5.32 Å². The minimum absolute atomic E-state index is 0.137. The van der Waals surface area contributed by atoms with Crippen LogP contribution in [0.2, 0.25) is 0 Å². The lowest BCUT2D eigenvalue weighted by molar-refractivity contribution is -0.103. The maximum absolute atomic E-state index is 6.42. The number of nitrogens with one attached hydrogen (secondary N) is 1. The molecule has 0 bridgehead atoms. The van der Waals surface area contributed by atoms with Crippen LogP contribution in [-0.4, -0.2) is 24.8 Å². The van der Waals surface area contributed by atoms with E-state index in [0.29, 0.717) is 6.04 Å². The zero-order valence-electron chi connectivity index (χ0n) is 13.8. The molecule has 2 nitrogen and oxygen atoms in total. The highest BCUT2D eigenvalue weighted by Gasteiger charge is 2.43. The quantitative estimate of drug-likeness (QED) is 0.714. The molecular weight excluding hydrogens is 246 g/mol. The summed E-state index contributed by atoms with van der Waals surface area (Å²) in [6.45, 7) is 6.38. The topological polar surface area (TPSA) is 21.3 Å². The monoisotopic (exact) mass is 281 g/mol. The average Bonchev–Trinajstić information content (AvgIpc) is 2.75. The van der Waals surface area contributed by atoms with Gasteiger partial charge in [-0.1, -0.05) is 51.9 Å². The molecule has 118 valence electrons. The molecule has 2 fully saturated rings. The predicted molar refractivity (Wildman–Crippen MR) is 86.1 cm³/mol. The van der Waals surface area contributed by atoms with Gasteiger partial charge in [-0.3, -0.25) is 0 Å². The van der Waals surface area contributed by atoms with Crippen molar-refractivity contribution in [3.8, 4) is 0 Å². The Kier molecular flexibility index (Phi) is 6.83. The molecule has 2 aliphatic rings. The Labute approximate surface area is 126 Å². The molecule has 0 aliphatic heterocycles. The van der Waals surface area contributed by atoms with Gasteiger partial charge in [-0.15, -0.1) is 0 Å². The summed E-state index contributed by atoms with van der Waals surface area (Å²) in [5.74, 6) is 0.835. The van der Waals surface area contributed by atoms with Gasteiger partial charge in [0.25, 0.3) is 0 Å². The molecule has 1 atom stereocenters. The van der Waals surface area contributed by atoms with Crippen LogP contribution in [0.25, 0.3) is 0 Å². The first-order valence-corrected chi connectivity index (χ1v) is 9.19. The van der Waals surface area contributed by atoms with Gasteiger partial charge in [-0.2, -0.15) is 0 Å². The molecule has 0 radical (unpaired) electrons. The van der Waals surface area contributed by atoms with Crippen molar-refractivity contribution < 1.29 is 4.74 Å². The minimum atomic E-state index is 0.137. The summed E-state index contributed by atoms with van der Waals surface area (Å²) >= 11 is 0. The first kappa shape index (κ1) is 16.3. The first-order chi connectivity index (χ1) is 9.82. The van der Waals surface area contributed by atoms with Gasteiger partial charge in [-0.05, 0) is 45.1 Å². The Morgan fingerprint density at radius 1 is 0.950 bits per heavy atom. The lowest BCUT2D eigenvalue weighted by Gasteiger charge is -2.47. The summed E-state index contributed by atoms with van der Waals surface area (Å²) < 4.78 is 6.42. The smallest absolute Gasteiger partial charge is 0.0837 e. The Morgan fingerprint density at radius 2 is 1.55 bits per heavy atom. The lowest BCUT2D eigenvalue weighted by atomic mass is 9.72. The number of likely N-dealkylation sites (N-methyl/N-ethyl adjacent to an activating group) is 1. The molecule has 0 aromatic carbocycles. The number of hydrogen-bond donors (Lipinski definition) is 1. The molecule has 0 saturated heterocycles. The number of ether oxygens (including phenoxy) is 1. The van der Waals surface area contributed by atoms with Gasteiger partial charge < -0.3 is 10.1 Å². The minimum Gasteiger partial charge on any atom is -0.374 e. The van der Waals surface area contributed by atoms with Crippen molar-refractivity contribution in [2.45, 2.75) is 96.1 Å². The van der Waals surface area contributed by atoms with E-state index >= 15 is 0 Å². The summed E-state index contributed by atoms with van der Waals surface area (Å²) in [6, 6.07) is 0.589. The molecule has 2 heteroatoms. The molecule has 0 aromatic rings. The van der Waals surface area contributed by atoms with Crippen LogP contribution in [0.4, 0.5) is 0 Å². The molecule has 2 rings (SSSR count). The summed E-state index contributed by atoms with van der Waals surface area (Å²) in [4.78, 5) is 0. The van der Waals surface area contributed by atoms with Gasteiger partial charge in [-0.25, -0.2) is 0 Å². The lowest BCUT2D eigenvalue weighted by Crippen LogP contribution is -2.57. The molecule has 2 saturated carbocycles. The third-order valence-electron chi connectivity index (χ3n) is 5.49. The normalized spacial score (nSPS) is 26.1. The van der Waals surface area contributed by atoms with Crippen LogP contribution < -0.4 is 5.32 Å². The standard InChI is InChI=1S/C18H35NO/c1-3-19-17(16-12-8-5-6-9-13-16)18(20-4-2)14-10-7-11-15-18/h16-17,19H,3-15H2,1-2H3. The zero-order valence-corrected chi connectivity index (χ0v) is 13.8. The zero-order chi connectivity index (χ0) is 14.3. The van der Waals surface area contributed by atoms with Crippen molar-refractivity contribution in [2.24, 2.45) is 5.92 Å². The second-order valence-electron chi connectivity index (χ2n) is 6.85. The van der Waals surface area contributed by atoms with Crippen molar-refractivity contribution >= 4 is 0 Å². The largest absolute Gasteiger partial charge is 0.374 e. The Hall–Kier alpha value is -0.0800. The molecular formula is C18H35NO. The molecule has 2 aliphatic carbocycles. The van der Waals surface area contributed by atoms with E-state index in [4.69, 9.17) is 4.74 Å². The van der Waals surface area contributed by atoms with E-state index in [0.717, 1.165) is 19.1 Å². The van der Waals surface area contributed by atoms with E-state index < -0.39 is 0 Å². The Balaban J connectivity index is 2.13. The van der Waals surface area contributed by atoms with E-state index in [1.165, 1.54) is 70.6 Å². The van der Waals surface area contributed by atoms with E-state index in [2.05, 4.69) is 19.2 Å². The van der Waals surface area contributed by atoms with Crippen molar-refractivity contribution in [1.29, 1.82) is 0 Å². The van der Waals surface area contributed by atoms with Crippen molar-refractivity contribution in [3.63, 3.8) is 0 Å². The van der Waals surface area contributed by atoms with Crippen LogP contribution in [0.3, 0.4) is 0 Å². The summed E-state index contributed by atoms with van der Waals surface area (Å²) in [7, 11) is 0. The molecule has 1 unspecified atom stereocenters. The fourth-order valence-electron chi connectivity index (χ4n) is 4.63. The van der Waals surface area contributed by atoms with Crippen LogP contribution in [0, 0.1) is 5.92 Å². The first-order valence-electron chi connectivity index (χ1n) is 9.19. The van der Waals surface area contributed by atoms with E-state index in [9.17, 15) is 0 Å². The highest BCUT2D eigenvalue weighted by atomic mass is 16.5. The molecule has 0 heterocycles. The average molecular weight is 281 g/mol. The van der Waals surface area contributed by atoms with Gasteiger partial charge in [0.2, 0.25) is 0 Å². The predicted octanol–water partition coefficient (Wildman–Crippen LogP) is 4.67. The Morgan fingerprint density at radius 3 is 2.10 bits per heavy atom. The van der Waals surface area contributed by atoms with E-state index in [1.807, 2.05) is 0 Å². The van der Waals surface area contributed by atoms with E-state index in [-0.39, 0.29) is 5.60 Å². The maximum Gasteiger partial charge on any atom is 0.0837 e. The maximum atomic E-state index is 6.42. The van der Waals surface area contributed by atoms with Gasteiger partial charge >= 0.3 is 0 Å². The van der Waals surface area contributed by atoms with Gasteiger partial charge in [0, 0.05) is 12.6 Å². The second-order valence-corrected chi connectivity index (χ2v) is 6.85. The van der Waals surface area contributed by atoms with Crippen molar-refractivity contribution in [2.75, 3.05) is 13.2 Å².